The molecular weight excluding hydrogens is 318 g/mol. The van der Waals surface area contributed by atoms with Crippen molar-refractivity contribution in [2.45, 2.75) is 30.6 Å². The van der Waals surface area contributed by atoms with E-state index >= 15 is 0 Å². The van der Waals surface area contributed by atoms with Crippen molar-refractivity contribution in [3.8, 4) is 0 Å². The lowest BCUT2D eigenvalue weighted by molar-refractivity contribution is -0.383. The third kappa shape index (κ3) is 4.63. The quantitative estimate of drug-likeness (QED) is 0.553. The Bertz CT molecular complexity index is 609. The fourth-order valence-corrected chi connectivity index (χ4v) is 3.97. The minimum atomic E-state index is -3.81. The number of thiophene rings is 1. The molecule has 0 aliphatic rings. The first-order valence-corrected chi connectivity index (χ1v) is 8.50. The number of nitrogens with zero attached hydrogens (tertiary/aromatic N) is 1. The largest absolute Gasteiger partial charge is 0.377 e. The highest BCUT2D eigenvalue weighted by atomic mass is 32.2. The van der Waals surface area contributed by atoms with Crippen LogP contribution in [-0.2, 0) is 14.8 Å². The molecule has 10 heteroatoms. The standard InChI is InChI=1S/C11H19N3O5S2/c1-5-12-10-8(14(15)16)6-9(20-10)21(17,18)13-7-11(2,3)19-4/h6,12-13H,5,7H2,1-4H3. The number of ether oxygens (including phenoxy) is 1. The smallest absolute Gasteiger partial charge is 0.304 e. The maximum atomic E-state index is 12.2. The second-order valence-corrected chi connectivity index (χ2v) is 7.90. The maximum Gasteiger partial charge on any atom is 0.304 e. The highest BCUT2D eigenvalue weighted by molar-refractivity contribution is 7.91. The number of hydrogen-bond donors (Lipinski definition) is 2. The van der Waals surface area contributed by atoms with Crippen LogP contribution in [0, 0.1) is 10.1 Å². The Morgan fingerprint density at radius 1 is 1.48 bits per heavy atom. The second kappa shape index (κ2) is 6.69. The summed E-state index contributed by atoms with van der Waals surface area (Å²) >= 11 is 0.833. The summed E-state index contributed by atoms with van der Waals surface area (Å²) in [5.74, 6) is 0. The first-order valence-electron chi connectivity index (χ1n) is 6.20. The van der Waals surface area contributed by atoms with Gasteiger partial charge in [-0.15, -0.1) is 0 Å². The molecule has 1 aromatic heterocycles. The van der Waals surface area contributed by atoms with Crippen molar-refractivity contribution in [1.82, 2.24) is 4.72 Å². The Hall–Kier alpha value is -1.23. The molecule has 1 heterocycles. The molecule has 120 valence electrons. The lowest BCUT2D eigenvalue weighted by Crippen LogP contribution is -2.39. The van der Waals surface area contributed by atoms with Gasteiger partial charge in [-0.3, -0.25) is 10.1 Å². The molecule has 0 unspecified atom stereocenters. The van der Waals surface area contributed by atoms with E-state index in [4.69, 9.17) is 4.74 Å². The molecule has 0 aliphatic carbocycles. The summed E-state index contributed by atoms with van der Waals surface area (Å²) in [6.45, 7) is 5.77. The summed E-state index contributed by atoms with van der Waals surface area (Å²) in [6, 6.07) is 1.06. The Morgan fingerprint density at radius 2 is 2.10 bits per heavy atom. The Kier molecular flexibility index (Phi) is 5.68. The lowest BCUT2D eigenvalue weighted by atomic mass is 10.1. The van der Waals surface area contributed by atoms with Gasteiger partial charge >= 0.3 is 5.69 Å². The molecule has 1 rings (SSSR count). The molecule has 0 bridgehead atoms. The average Bonchev–Trinajstić information content (AvgIpc) is 2.82. The van der Waals surface area contributed by atoms with Crippen molar-refractivity contribution in [1.29, 1.82) is 0 Å². The van der Waals surface area contributed by atoms with E-state index in [1.807, 2.05) is 0 Å². The van der Waals surface area contributed by atoms with Crippen LogP contribution >= 0.6 is 11.3 Å². The normalized spacial score (nSPS) is 12.4. The highest BCUT2D eigenvalue weighted by Crippen LogP contribution is 2.36. The van der Waals surface area contributed by atoms with E-state index < -0.39 is 20.5 Å². The van der Waals surface area contributed by atoms with Gasteiger partial charge in [-0.1, -0.05) is 11.3 Å². The highest BCUT2D eigenvalue weighted by Gasteiger charge is 2.27. The third-order valence-electron chi connectivity index (χ3n) is 2.73. The minimum absolute atomic E-state index is 0.0636. The van der Waals surface area contributed by atoms with E-state index in [1.54, 1.807) is 20.8 Å². The van der Waals surface area contributed by atoms with Crippen LogP contribution in [-0.4, -0.2) is 39.1 Å². The molecule has 0 aliphatic heterocycles. The minimum Gasteiger partial charge on any atom is -0.377 e. The number of methoxy groups -OCH3 is 1. The number of sulfonamides is 1. The first-order chi connectivity index (χ1) is 9.63. The Labute approximate surface area is 127 Å². The summed E-state index contributed by atoms with van der Waals surface area (Å²) in [5.41, 5.74) is -0.908. The summed E-state index contributed by atoms with van der Waals surface area (Å²) in [5, 5.41) is 14.0. The lowest BCUT2D eigenvalue weighted by Gasteiger charge is -2.22. The predicted octanol–water partition coefficient (Wildman–Crippen LogP) is 1.79. The van der Waals surface area contributed by atoms with E-state index in [0.717, 1.165) is 17.4 Å². The zero-order valence-corrected chi connectivity index (χ0v) is 13.9. The van der Waals surface area contributed by atoms with Crippen LogP contribution < -0.4 is 10.0 Å². The van der Waals surface area contributed by atoms with Crippen molar-refractivity contribution in [3.05, 3.63) is 16.2 Å². The molecule has 0 spiro atoms. The fourth-order valence-electron chi connectivity index (χ4n) is 1.33. The molecule has 2 N–H and O–H groups in total. The summed E-state index contributed by atoms with van der Waals surface area (Å²) in [7, 11) is -2.33. The molecule has 21 heavy (non-hydrogen) atoms. The molecule has 1 aromatic rings. The fraction of sp³-hybridized carbons (Fsp3) is 0.636. The monoisotopic (exact) mass is 337 g/mol. The molecule has 0 saturated heterocycles. The zero-order chi connectivity index (χ0) is 16.3. The van der Waals surface area contributed by atoms with Gasteiger partial charge in [-0.25, -0.2) is 13.1 Å². The molecule has 8 nitrogen and oxygen atoms in total. The number of nitrogens with one attached hydrogen (secondary N) is 2. The predicted molar refractivity (Wildman–Crippen MR) is 81.4 cm³/mol. The van der Waals surface area contributed by atoms with E-state index in [0.29, 0.717) is 6.54 Å². The van der Waals surface area contributed by atoms with Crippen LogP contribution in [0.15, 0.2) is 10.3 Å². The molecule has 0 atom stereocenters. The van der Waals surface area contributed by atoms with Gasteiger partial charge in [0.05, 0.1) is 10.5 Å². The molecule has 0 aromatic carbocycles. The van der Waals surface area contributed by atoms with Crippen LogP contribution in [0.1, 0.15) is 20.8 Å². The van der Waals surface area contributed by atoms with Crippen LogP contribution in [0.2, 0.25) is 0 Å². The SMILES string of the molecule is CCNc1sc(S(=O)(=O)NCC(C)(C)OC)cc1[N+](=O)[O-]. The Balaban J connectivity index is 3.03. The van der Waals surface area contributed by atoms with Gasteiger partial charge in [0.15, 0.2) is 5.00 Å². The van der Waals surface area contributed by atoms with Gasteiger partial charge in [0, 0.05) is 26.3 Å². The zero-order valence-electron chi connectivity index (χ0n) is 12.3. The molecule has 0 saturated carbocycles. The number of anilines is 1. The van der Waals surface area contributed by atoms with Gasteiger partial charge in [-0.05, 0) is 20.8 Å². The number of rotatable bonds is 8. The topological polar surface area (TPSA) is 111 Å². The van der Waals surface area contributed by atoms with Crippen LogP contribution in [0.4, 0.5) is 10.7 Å². The number of nitro groups is 1. The second-order valence-electron chi connectivity index (χ2n) is 4.86. The molecular formula is C11H19N3O5S2. The van der Waals surface area contributed by atoms with Gasteiger partial charge in [0.1, 0.15) is 4.21 Å². The summed E-state index contributed by atoms with van der Waals surface area (Å²) < 4.78 is 31.8. The van der Waals surface area contributed by atoms with E-state index in [-0.39, 0.29) is 21.4 Å². The van der Waals surface area contributed by atoms with Crippen molar-refractivity contribution in [2.75, 3.05) is 25.5 Å². The van der Waals surface area contributed by atoms with Gasteiger partial charge in [-0.2, -0.15) is 0 Å². The van der Waals surface area contributed by atoms with Crippen molar-refractivity contribution in [3.63, 3.8) is 0 Å². The third-order valence-corrected chi connectivity index (χ3v) is 5.69. The molecule has 0 amide bonds. The van der Waals surface area contributed by atoms with Gasteiger partial charge in [0.2, 0.25) is 10.0 Å². The van der Waals surface area contributed by atoms with Crippen LogP contribution in [0.25, 0.3) is 0 Å². The van der Waals surface area contributed by atoms with Crippen molar-refractivity contribution < 1.29 is 18.1 Å². The average molecular weight is 337 g/mol. The number of hydrogen-bond acceptors (Lipinski definition) is 7. The summed E-state index contributed by atoms with van der Waals surface area (Å²) in [6.07, 6.45) is 0. The molecule has 0 fully saturated rings. The van der Waals surface area contributed by atoms with Crippen molar-refractivity contribution in [2.24, 2.45) is 0 Å². The summed E-state index contributed by atoms with van der Waals surface area (Å²) in [4.78, 5) is 10.3. The van der Waals surface area contributed by atoms with Crippen LogP contribution in [0.5, 0.6) is 0 Å². The van der Waals surface area contributed by atoms with E-state index in [1.165, 1.54) is 7.11 Å². The van der Waals surface area contributed by atoms with E-state index in [2.05, 4.69) is 10.0 Å². The van der Waals surface area contributed by atoms with Crippen LogP contribution in [0.3, 0.4) is 0 Å². The molecule has 0 radical (unpaired) electrons. The van der Waals surface area contributed by atoms with Gasteiger partial charge in [0.25, 0.3) is 0 Å². The Morgan fingerprint density at radius 3 is 2.57 bits per heavy atom. The van der Waals surface area contributed by atoms with Gasteiger partial charge < -0.3 is 10.1 Å². The maximum absolute atomic E-state index is 12.2. The van der Waals surface area contributed by atoms with Crippen molar-refractivity contribution >= 4 is 32.0 Å². The van der Waals surface area contributed by atoms with E-state index in [9.17, 15) is 18.5 Å². The first kappa shape index (κ1) is 17.8.